The molecule has 1 aromatic carbocycles. The molecule has 28 heavy (non-hydrogen) atoms. The Labute approximate surface area is 168 Å². The summed E-state index contributed by atoms with van der Waals surface area (Å²) in [5, 5.41) is 6.39. The maximum atomic E-state index is 12.1. The zero-order valence-electron chi connectivity index (χ0n) is 17.4. The molecule has 0 unspecified atom stereocenters. The van der Waals surface area contributed by atoms with E-state index in [1.807, 2.05) is 43.9 Å². The number of rotatable bonds is 11. The standard InChI is InChI=1S/C21H32N4O3/c1-6-14-28-19-15-17(10-11-18(19)27-5)16-24-21(22-7-2)23-13-12-20(26)25(8-3)9-4/h1,10-11,15H,7-9,12-14,16H2,2-5H3,(H2,22,23,24). The number of nitrogens with one attached hydrogen (secondary N) is 2. The summed E-state index contributed by atoms with van der Waals surface area (Å²) in [5.74, 6) is 4.47. The molecule has 0 atom stereocenters. The van der Waals surface area contributed by atoms with E-state index in [0.717, 1.165) is 25.2 Å². The molecule has 1 aromatic rings. The van der Waals surface area contributed by atoms with E-state index >= 15 is 0 Å². The third-order valence-electron chi connectivity index (χ3n) is 4.05. The topological polar surface area (TPSA) is 75.2 Å². The van der Waals surface area contributed by atoms with Gasteiger partial charge in [-0.1, -0.05) is 12.0 Å². The molecule has 154 valence electrons. The van der Waals surface area contributed by atoms with Crippen LogP contribution in [0.4, 0.5) is 0 Å². The van der Waals surface area contributed by atoms with Crippen molar-refractivity contribution in [2.45, 2.75) is 33.7 Å². The molecule has 7 heteroatoms. The Morgan fingerprint density at radius 3 is 2.57 bits per heavy atom. The Kier molecular flexibility index (Phi) is 11.0. The zero-order chi connectivity index (χ0) is 20.8. The number of carbonyl (C=O) groups is 1. The number of guanidine groups is 1. The Morgan fingerprint density at radius 2 is 1.96 bits per heavy atom. The molecule has 1 rings (SSSR count). The first-order valence-corrected chi connectivity index (χ1v) is 9.62. The Morgan fingerprint density at radius 1 is 1.21 bits per heavy atom. The van der Waals surface area contributed by atoms with Gasteiger partial charge < -0.3 is 25.0 Å². The maximum Gasteiger partial charge on any atom is 0.224 e. The summed E-state index contributed by atoms with van der Waals surface area (Å²) >= 11 is 0. The van der Waals surface area contributed by atoms with E-state index in [4.69, 9.17) is 15.9 Å². The van der Waals surface area contributed by atoms with Crippen LogP contribution in [0.1, 0.15) is 32.8 Å². The molecule has 0 radical (unpaired) electrons. The molecule has 0 spiro atoms. The van der Waals surface area contributed by atoms with Crippen LogP contribution >= 0.6 is 0 Å². The lowest BCUT2D eigenvalue weighted by Crippen LogP contribution is -2.40. The van der Waals surface area contributed by atoms with Gasteiger partial charge in [0.25, 0.3) is 0 Å². The molecular weight excluding hydrogens is 356 g/mol. The third-order valence-corrected chi connectivity index (χ3v) is 4.05. The van der Waals surface area contributed by atoms with Crippen LogP contribution in [-0.2, 0) is 11.3 Å². The van der Waals surface area contributed by atoms with Gasteiger partial charge in [-0.15, -0.1) is 6.42 Å². The molecule has 0 aliphatic heterocycles. The van der Waals surface area contributed by atoms with Gasteiger partial charge in [-0.05, 0) is 38.5 Å². The lowest BCUT2D eigenvalue weighted by molar-refractivity contribution is -0.130. The number of hydrogen-bond donors (Lipinski definition) is 2. The Bertz CT molecular complexity index is 679. The first-order chi connectivity index (χ1) is 13.6. The fraction of sp³-hybridized carbons (Fsp3) is 0.524. The van der Waals surface area contributed by atoms with Crippen LogP contribution in [0.3, 0.4) is 0 Å². The highest BCUT2D eigenvalue weighted by Gasteiger charge is 2.09. The second-order valence-electron chi connectivity index (χ2n) is 5.92. The zero-order valence-corrected chi connectivity index (χ0v) is 17.4. The first-order valence-electron chi connectivity index (χ1n) is 9.62. The highest BCUT2D eigenvalue weighted by molar-refractivity contribution is 5.81. The molecular formula is C21H32N4O3. The van der Waals surface area contributed by atoms with Gasteiger partial charge in [-0.25, -0.2) is 4.99 Å². The lowest BCUT2D eigenvalue weighted by atomic mass is 10.2. The lowest BCUT2D eigenvalue weighted by Gasteiger charge is -2.19. The number of ether oxygens (including phenoxy) is 2. The minimum atomic E-state index is 0.138. The average Bonchev–Trinajstić information content (AvgIpc) is 2.71. The van der Waals surface area contributed by atoms with E-state index < -0.39 is 0 Å². The van der Waals surface area contributed by atoms with Gasteiger partial charge in [0.15, 0.2) is 17.5 Å². The van der Waals surface area contributed by atoms with Gasteiger partial charge in [0, 0.05) is 32.6 Å². The third kappa shape index (κ3) is 7.78. The van der Waals surface area contributed by atoms with Gasteiger partial charge in [0.05, 0.1) is 13.7 Å². The van der Waals surface area contributed by atoms with Gasteiger partial charge in [-0.2, -0.15) is 0 Å². The van der Waals surface area contributed by atoms with Gasteiger partial charge >= 0.3 is 0 Å². The highest BCUT2D eigenvalue weighted by Crippen LogP contribution is 2.28. The number of nitrogens with zero attached hydrogens (tertiary/aromatic N) is 2. The summed E-state index contributed by atoms with van der Waals surface area (Å²) in [6.07, 6.45) is 5.69. The van der Waals surface area contributed by atoms with Crippen molar-refractivity contribution >= 4 is 11.9 Å². The number of hydrogen-bond acceptors (Lipinski definition) is 4. The van der Waals surface area contributed by atoms with Crippen LogP contribution in [0.15, 0.2) is 23.2 Å². The number of carbonyl (C=O) groups excluding carboxylic acids is 1. The maximum absolute atomic E-state index is 12.1. The van der Waals surface area contributed by atoms with E-state index in [1.54, 1.807) is 7.11 Å². The first kappa shape index (κ1) is 23.2. The monoisotopic (exact) mass is 388 g/mol. The van der Waals surface area contributed by atoms with E-state index in [2.05, 4.69) is 21.5 Å². The van der Waals surface area contributed by atoms with Crippen molar-refractivity contribution in [2.24, 2.45) is 4.99 Å². The van der Waals surface area contributed by atoms with E-state index in [9.17, 15) is 4.79 Å². The van der Waals surface area contributed by atoms with Crippen molar-refractivity contribution in [2.75, 3.05) is 39.9 Å². The van der Waals surface area contributed by atoms with Crippen LogP contribution in [-0.4, -0.2) is 56.7 Å². The van der Waals surface area contributed by atoms with Crippen LogP contribution in [0, 0.1) is 12.3 Å². The molecule has 1 amide bonds. The molecule has 0 aliphatic rings. The van der Waals surface area contributed by atoms with E-state index in [0.29, 0.717) is 37.0 Å². The van der Waals surface area contributed by atoms with Crippen LogP contribution < -0.4 is 20.1 Å². The largest absolute Gasteiger partial charge is 0.493 e. The number of terminal acetylenes is 1. The molecule has 0 saturated carbocycles. The fourth-order valence-electron chi connectivity index (χ4n) is 2.59. The molecule has 2 N–H and O–H groups in total. The molecule has 0 bridgehead atoms. The summed E-state index contributed by atoms with van der Waals surface area (Å²) < 4.78 is 10.8. The smallest absolute Gasteiger partial charge is 0.224 e. The molecule has 0 aromatic heterocycles. The quantitative estimate of drug-likeness (QED) is 0.345. The van der Waals surface area contributed by atoms with Crippen LogP contribution in [0.5, 0.6) is 11.5 Å². The molecule has 0 saturated heterocycles. The Hall–Kier alpha value is -2.88. The van der Waals surface area contributed by atoms with Crippen molar-refractivity contribution < 1.29 is 14.3 Å². The Balaban J connectivity index is 2.71. The van der Waals surface area contributed by atoms with E-state index in [1.165, 1.54) is 0 Å². The van der Waals surface area contributed by atoms with Crippen molar-refractivity contribution in [1.82, 2.24) is 15.5 Å². The minimum Gasteiger partial charge on any atom is -0.493 e. The highest BCUT2D eigenvalue weighted by atomic mass is 16.5. The molecule has 7 nitrogen and oxygen atoms in total. The minimum absolute atomic E-state index is 0.138. The summed E-state index contributed by atoms with van der Waals surface area (Å²) in [6, 6.07) is 5.63. The predicted octanol–water partition coefficient (Wildman–Crippen LogP) is 2.02. The summed E-state index contributed by atoms with van der Waals surface area (Å²) in [7, 11) is 1.59. The summed E-state index contributed by atoms with van der Waals surface area (Å²) in [6.45, 7) is 9.31. The van der Waals surface area contributed by atoms with Crippen molar-refractivity contribution in [3.05, 3.63) is 23.8 Å². The van der Waals surface area contributed by atoms with Crippen molar-refractivity contribution in [3.8, 4) is 23.8 Å². The average molecular weight is 389 g/mol. The molecule has 0 aliphatic carbocycles. The number of methoxy groups -OCH3 is 1. The summed E-state index contributed by atoms with van der Waals surface area (Å²) in [5.41, 5.74) is 0.962. The fourth-order valence-corrected chi connectivity index (χ4v) is 2.59. The van der Waals surface area contributed by atoms with Crippen molar-refractivity contribution in [3.63, 3.8) is 0 Å². The predicted molar refractivity (Wildman–Crippen MR) is 113 cm³/mol. The summed E-state index contributed by atoms with van der Waals surface area (Å²) in [4.78, 5) is 18.5. The van der Waals surface area contributed by atoms with Gasteiger partial charge in [-0.3, -0.25) is 4.79 Å². The number of amides is 1. The van der Waals surface area contributed by atoms with Gasteiger partial charge in [0.2, 0.25) is 5.91 Å². The van der Waals surface area contributed by atoms with Gasteiger partial charge in [0.1, 0.15) is 6.61 Å². The van der Waals surface area contributed by atoms with Crippen LogP contribution in [0.25, 0.3) is 0 Å². The number of aliphatic imine (C=N–C) groups is 1. The van der Waals surface area contributed by atoms with Crippen molar-refractivity contribution in [1.29, 1.82) is 0 Å². The molecule has 0 heterocycles. The SMILES string of the molecule is C#CCOc1cc(CN=C(NCC)NCCC(=O)N(CC)CC)ccc1OC. The number of benzene rings is 1. The second kappa shape index (κ2) is 13.3. The second-order valence-corrected chi connectivity index (χ2v) is 5.92. The normalized spacial score (nSPS) is 10.8. The van der Waals surface area contributed by atoms with Crippen LogP contribution in [0.2, 0.25) is 0 Å². The molecule has 0 fully saturated rings. The van der Waals surface area contributed by atoms with E-state index in [-0.39, 0.29) is 12.5 Å².